The molecule has 0 bridgehead atoms. The lowest BCUT2D eigenvalue weighted by Gasteiger charge is -2.30. The second-order valence-electron chi connectivity index (χ2n) is 7.73. The molecule has 1 aromatic carbocycles. The summed E-state index contributed by atoms with van der Waals surface area (Å²) in [7, 11) is 0. The van der Waals surface area contributed by atoms with E-state index in [0.717, 1.165) is 22.2 Å². The minimum Gasteiger partial charge on any atom is -0.457 e. The smallest absolute Gasteiger partial charge is 0.309 e. The van der Waals surface area contributed by atoms with E-state index in [4.69, 9.17) is 9.84 Å². The third-order valence-corrected chi connectivity index (χ3v) is 5.28. The van der Waals surface area contributed by atoms with Crippen LogP contribution in [0, 0.1) is 5.82 Å². The summed E-state index contributed by atoms with van der Waals surface area (Å²) in [6, 6.07) is 10.0. The molecule has 2 aromatic heterocycles. The molecular formula is C23H23FN2O3. The molecule has 3 heterocycles. The van der Waals surface area contributed by atoms with Gasteiger partial charge in [-0.1, -0.05) is 20.4 Å². The summed E-state index contributed by atoms with van der Waals surface area (Å²) >= 11 is 0. The minimum atomic E-state index is -0.764. The SMILES string of the molecule is C=C(c1c(-c2ccc(F)cc2)nn2cccc2c1C(C)C)C1CC(O)CC(=O)O1. The Morgan fingerprint density at radius 2 is 2.03 bits per heavy atom. The molecule has 0 radical (unpaired) electrons. The number of ether oxygens (including phenoxy) is 1. The summed E-state index contributed by atoms with van der Waals surface area (Å²) in [6.45, 7) is 8.40. The quantitative estimate of drug-likeness (QED) is 0.669. The molecule has 6 heteroatoms. The van der Waals surface area contributed by atoms with Gasteiger partial charge in [-0.05, 0) is 53.5 Å². The normalized spacial score (nSPS) is 19.6. The summed E-state index contributed by atoms with van der Waals surface area (Å²) in [5.41, 5.74) is 4.71. The third-order valence-electron chi connectivity index (χ3n) is 5.28. The maximum absolute atomic E-state index is 13.5. The average molecular weight is 394 g/mol. The second-order valence-corrected chi connectivity index (χ2v) is 7.73. The number of rotatable bonds is 4. The van der Waals surface area contributed by atoms with Crippen LogP contribution in [0.25, 0.3) is 22.3 Å². The molecule has 0 spiro atoms. The number of aliphatic hydroxyl groups excluding tert-OH is 1. The van der Waals surface area contributed by atoms with Crippen molar-refractivity contribution in [3.63, 3.8) is 0 Å². The van der Waals surface area contributed by atoms with Gasteiger partial charge in [-0.3, -0.25) is 4.79 Å². The fraction of sp³-hybridized carbons (Fsp3) is 0.304. The van der Waals surface area contributed by atoms with E-state index in [-0.39, 0.29) is 24.6 Å². The summed E-state index contributed by atoms with van der Waals surface area (Å²) in [4.78, 5) is 11.9. The van der Waals surface area contributed by atoms with Crippen LogP contribution in [-0.4, -0.2) is 32.9 Å². The van der Waals surface area contributed by atoms with Crippen molar-refractivity contribution >= 4 is 17.1 Å². The van der Waals surface area contributed by atoms with Crippen LogP contribution < -0.4 is 0 Å². The van der Waals surface area contributed by atoms with Gasteiger partial charge in [-0.15, -0.1) is 0 Å². The number of carbonyl (C=O) groups excluding carboxylic acids is 1. The minimum absolute atomic E-state index is 0.0123. The Morgan fingerprint density at radius 3 is 2.69 bits per heavy atom. The van der Waals surface area contributed by atoms with Gasteiger partial charge in [-0.2, -0.15) is 5.10 Å². The van der Waals surface area contributed by atoms with E-state index in [1.807, 2.05) is 18.3 Å². The van der Waals surface area contributed by atoms with Gasteiger partial charge in [-0.25, -0.2) is 8.91 Å². The molecule has 0 saturated carbocycles. The lowest BCUT2D eigenvalue weighted by molar-refractivity contribution is -0.155. The zero-order chi connectivity index (χ0) is 20.7. The highest BCUT2D eigenvalue weighted by molar-refractivity contribution is 5.87. The molecule has 3 aromatic rings. The fourth-order valence-electron chi connectivity index (χ4n) is 3.96. The first kappa shape index (κ1) is 19.3. The van der Waals surface area contributed by atoms with Crippen molar-refractivity contribution < 1.29 is 19.0 Å². The van der Waals surface area contributed by atoms with Crippen molar-refractivity contribution in [2.24, 2.45) is 0 Å². The lowest BCUT2D eigenvalue weighted by atomic mass is 9.85. The summed E-state index contributed by atoms with van der Waals surface area (Å²) in [5.74, 6) is -0.642. The zero-order valence-electron chi connectivity index (χ0n) is 16.4. The summed E-state index contributed by atoms with van der Waals surface area (Å²) in [5, 5.41) is 14.8. The van der Waals surface area contributed by atoms with Crippen LogP contribution in [-0.2, 0) is 9.53 Å². The van der Waals surface area contributed by atoms with E-state index in [9.17, 15) is 14.3 Å². The Morgan fingerprint density at radius 1 is 1.31 bits per heavy atom. The van der Waals surface area contributed by atoms with Gasteiger partial charge in [0, 0.05) is 23.7 Å². The Balaban J connectivity index is 1.95. The van der Waals surface area contributed by atoms with Crippen LogP contribution in [0.1, 0.15) is 43.7 Å². The van der Waals surface area contributed by atoms with Gasteiger partial charge in [0.2, 0.25) is 0 Å². The van der Waals surface area contributed by atoms with E-state index in [1.54, 1.807) is 16.6 Å². The number of halogens is 1. The predicted octanol–water partition coefficient (Wildman–Crippen LogP) is 4.34. The molecule has 5 nitrogen and oxygen atoms in total. The van der Waals surface area contributed by atoms with E-state index in [1.165, 1.54) is 12.1 Å². The first-order chi connectivity index (χ1) is 13.8. The number of esters is 1. The van der Waals surface area contributed by atoms with E-state index in [0.29, 0.717) is 11.3 Å². The molecule has 1 saturated heterocycles. The van der Waals surface area contributed by atoms with Crippen LogP contribution in [0.5, 0.6) is 0 Å². The van der Waals surface area contributed by atoms with Gasteiger partial charge in [0.1, 0.15) is 11.9 Å². The number of hydrogen-bond acceptors (Lipinski definition) is 4. The van der Waals surface area contributed by atoms with Crippen LogP contribution in [0.4, 0.5) is 4.39 Å². The Hall–Kier alpha value is -2.99. The third kappa shape index (κ3) is 3.56. The van der Waals surface area contributed by atoms with Crippen LogP contribution in [0.2, 0.25) is 0 Å². The van der Waals surface area contributed by atoms with Crippen LogP contribution in [0.15, 0.2) is 49.2 Å². The number of carbonyl (C=O) groups is 1. The molecule has 29 heavy (non-hydrogen) atoms. The van der Waals surface area contributed by atoms with Gasteiger partial charge < -0.3 is 9.84 Å². The van der Waals surface area contributed by atoms with Crippen LogP contribution >= 0.6 is 0 Å². The number of benzene rings is 1. The number of aliphatic hydroxyl groups is 1. The second kappa shape index (κ2) is 7.44. The fourth-order valence-corrected chi connectivity index (χ4v) is 3.96. The number of cyclic esters (lactones) is 1. The van der Waals surface area contributed by atoms with Gasteiger partial charge in [0.25, 0.3) is 0 Å². The Bertz CT molecular complexity index is 1090. The maximum Gasteiger partial charge on any atom is 0.309 e. The molecule has 1 aliphatic rings. The molecule has 1 N–H and O–H groups in total. The molecule has 1 fully saturated rings. The van der Waals surface area contributed by atoms with Crippen LogP contribution in [0.3, 0.4) is 0 Å². The monoisotopic (exact) mass is 394 g/mol. The highest BCUT2D eigenvalue weighted by Gasteiger charge is 2.32. The molecule has 2 atom stereocenters. The highest BCUT2D eigenvalue weighted by Crippen LogP contribution is 2.39. The number of nitrogens with zero attached hydrogens (tertiary/aromatic N) is 2. The largest absolute Gasteiger partial charge is 0.457 e. The van der Waals surface area contributed by atoms with Crippen molar-refractivity contribution in [1.29, 1.82) is 0 Å². The molecule has 150 valence electrons. The first-order valence-corrected chi connectivity index (χ1v) is 9.69. The first-order valence-electron chi connectivity index (χ1n) is 9.69. The van der Waals surface area contributed by atoms with Crippen molar-refractivity contribution in [3.8, 4) is 11.3 Å². The topological polar surface area (TPSA) is 63.8 Å². The van der Waals surface area contributed by atoms with Gasteiger partial charge in [0.05, 0.1) is 23.7 Å². The number of hydrogen-bond donors (Lipinski definition) is 1. The summed E-state index contributed by atoms with van der Waals surface area (Å²) in [6.07, 6.45) is 0.742. The van der Waals surface area contributed by atoms with Gasteiger partial charge in [0.15, 0.2) is 0 Å². The Labute approximate surface area is 168 Å². The number of aromatic nitrogens is 2. The van der Waals surface area contributed by atoms with E-state index in [2.05, 4.69) is 20.4 Å². The van der Waals surface area contributed by atoms with Crippen molar-refractivity contribution in [2.45, 2.75) is 44.8 Å². The molecule has 4 rings (SSSR count). The maximum atomic E-state index is 13.5. The van der Waals surface area contributed by atoms with Crippen molar-refractivity contribution in [1.82, 2.24) is 9.61 Å². The zero-order valence-corrected chi connectivity index (χ0v) is 16.4. The van der Waals surface area contributed by atoms with Crippen molar-refractivity contribution in [3.05, 3.63) is 66.1 Å². The Kier molecular flexibility index (Phi) is 4.96. The molecule has 0 aliphatic carbocycles. The number of fused-ring (bicyclic) bond motifs is 1. The molecule has 2 unspecified atom stereocenters. The highest BCUT2D eigenvalue weighted by atomic mass is 19.1. The predicted molar refractivity (Wildman–Crippen MR) is 109 cm³/mol. The van der Waals surface area contributed by atoms with Crippen molar-refractivity contribution in [2.75, 3.05) is 0 Å². The molecule has 0 amide bonds. The van der Waals surface area contributed by atoms with E-state index >= 15 is 0 Å². The summed E-state index contributed by atoms with van der Waals surface area (Å²) < 4.78 is 20.8. The molecule has 1 aliphatic heterocycles. The van der Waals surface area contributed by atoms with Gasteiger partial charge >= 0.3 is 5.97 Å². The standard InChI is InChI=1S/C23H23FN2O3/c1-13(2)21-18-5-4-10-26(18)25-23(15-6-8-16(24)9-7-15)22(21)14(3)19-11-17(27)12-20(28)29-19/h4-10,13,17,19,27H,3,11-12H2,1-2H3. The lowest BCUT2D eigenvalue weighted by Crippen LogP contribution is -2.33. The molecular weight excluding hydrogens is 371 g/mol. The average Bonchev–Trinajstić information content (AvgIpc) is 3.13. The van der Waals surface area contributed by atoms with E-state index < -0.39 is 18.2 Å².